The van der Waals surface area contributed by atoms with Crippen LogP contribution in [0.25, 0.3) is 11.5 Å². The summed E-state index contributed by atoms with van der Waals surface area (Å²) in [5, 5.41) is 17.7. The Bertz CT molecular complexity index is 1070. The lowest BCUT2D eigenvalue weighted by Gasteiger charge is -2.24. The van der Waals surface area contributed by atoms with Crippen LogP contribution >= 0.6 is 11.6 Å². The summed E-state index contributed by atoms with van der Waals surface area (Å²) < 4.78 is 11.5. The van der Waals surface area contributed by atoms with Gasteiger partial charge in [-0.15, -0.1) is 10.2 Å². The van der Waals surface area contributed by atoms with Crippen molar-refractivity contribution in [3.63, 3.8) is 0 Å². The largest absolute Gasteiger partial charge is 0.481 e. The Morgan fingerprint density at radius 2 is 1.93 bits per heavy atom. The van der Waals surface area contributed by atoms with E-state index >= 15 is 0 Å². The molecule has 0 N–H and O–H groups in total. The Labute approximate surface area is 178 Å². The van der Waals surface area contributed by atoms with Crippen LogP contribution in [0.2, 0.25) is 5.02 Å². The van der Waals surface area contributed by atoms with Crippen molar-refractivity contribution in [2.24, 2.45) is 0 Å². The molecule has 1 aliphatic rings. The van der Waals surface area contributed by atoms with E-state index in [2.05, 4.69) is 16.3 Å². The summed E-state index contributed by atoms with van der Waals surface area (Å²) in [6.07, 6.45) is 1.19. The number of aromatic nitrogens is 2. The molecule has 0 spiro atoms. The van der Waals surface area contributed by atoms with Crippen LogP contribution in [0.3, 0.4) is 0 Å². The molecule has 1 heterocycles. The van der Waals surface area contributed by atoms with Crippen molar-refractivity contribution in [3.8, 4) is 23.3 Å². The molecule has 1 aromatic heterocycles. The third-order valence-corrected chi connectivity index (χ3v) is 5.03. The lowest BCUT2D eigenvalue weighted by atomic mass is 10.2. The molecule has 1 saturated carbocycles. The Balaban J connectivity index is 1.44. The van der Waals surface area contributed by atoms with Gasteiger partial charge in [-0.1, -0.05) is 11.6 Å². The molecule has 0 bridgehead atoms. The van der Waals surface area contributed by atoms with Gasteiger partial charge in [-0.05, 0) is 68.3 Å². The van der Waals surface area contributed by atoms with Gasteiger partial charge in [-0.3, -0.25) is 4.79 Å². The second-order valence-corrected chi connectivity index (χ2v) is 7.54. The first-order valence-electron chi connectivity index (χ1n) is 9.59. The molecule has 1 atom stereocenters. The van der Waals surface area contributed by atoms with E-state index < -0.39 is 6.10 Å². The van der Waals surface area contributed by atoms with Crippen molar-refractivity contribution in [1.82, 2.24) is 15.1 Å². The fourth-order valence-corrected chi connectivity index (χ4v) is 3.17. The Kier molecular flexibility index (Phi) is 5.68. The number of carbonyl (C=O) groups excluding carboxylic acids is 1. The molecule has 1 amide bonds. The number of hydrogen-bond donors (Lipinski definition) is 0. The highest BCUT2D eigenvalue weighted by Crippen LogP contribution is 2.30. The first-order chi connectivity index (χ1) is 14.5. The molecule has 2 aromatic carbocycles. The van der Waals surface area contributed by atoms with Gasteiger partial charge in [0.25, 0.3) is 5.91 Å². The standard InChI is InChI=1S/C22H19ClN4O3/c1-14(29-19-10-2-15(12-24)3-11-19)22(28)27(18-8-9-18)13-20-25-26-21(30-20)16-4-6-17(23)7-5-16/h2-7,10-11,14,18H,8-9,13H2,1H3. The third kappa shape index (κ3) is 4.61. The molecule has 1 unspecified atom stereocenters. The molecule has 1 fully saturated rings. The average Bonchev–Trinajstić information content (AvgIpc) is 3.50. The maximum Gasteiger partial charge on any atom is 0.264 e. The van der Waals surface area contributed by atoms with Gasteiger partial charge >= 0.3 is 0 Å². The van der Waals surface area contributed by atoms with E-state index in [4.69, 9.17) is 26.0 Å². The van der Waals surface area contributed by atoms with Gasteiger partial charge in [0.2, 0.25) is 11.8 Å². The maximum atomic E-state index is 13.0. The monoisotopic (exact) mass is 422 g/mol. The van der Waals surface area contributed by atoms with E-state index in [0.29, 0.717) is 28.1 Å². The quantitative estimate of drug-likeness (QED) is 0.566. The second kappa shape index (κ2) is 8.56. The highest BCUT2D eigenvalue weighted by molar-refractivity contribution is 6.30. The second-order valence-electron chi connectivity index (χ2n) is 7.10. The lowest BCUT2D eigenvalue weighted by Crippen LogP contribution is -2.41. The van der Waals surface area contributed by atoms with Crippen LogP contribution in [0.1, 0.15) is 31.2 Å². The number of rotatable bonds is 7. The Hall–Kier alpha value is -3.37. The van der Waals surface area contributed by atoms with Gasteiger partial charge in [0.15, 0.2) is 6.10 Å². The topological polar surface area (TPSA) is 92.2 Å². The third-order valence-electron chi connectivity index (χ3n) is 4.78. The van der Waals surface area contributed by atoms with Gasteiger partial charge in [0.05, 0.1) is 18.2 Å². The van der Waals surface area contributed by atoms with Gasteiger partial charge < -0.3 is 14.1 Å². The summed E-state index contributed by atoms with van der Waals surface area (Å²) in [6, 6.07) is 16.0. The van der Waals surface area contributed by atoms with Crippen molar-refractivity contribution < 1.29 is 13.9 Å². The summed E-state index contributed by atoms with van der Waals surface area (Å²) in [4.78, 5) is 14.7. The fourth-order valence-electron chi connectivity index (χ4n) is 3.04. The predicted octanol–water partition coefficient (Wildman–Crippen LogP) is 4.22. The minimum absolute atomic E-state index is 0.145. The van der Waals surface area contributed by atoms with E-state index in [1.807, 2.05) is 0 Å². The first-order valence-corrected chi connectivity index (χ1v) is 9.97. The first kappa shape index (κ1) is 19.9. The smallest absolute Gasteiger partial charge is 0.264 e. The molecule has 30 heavy (non-hydrogen) atoms. The normalized spacial score (nSPS) is 14.0. The van der Waals surface area contributed by atoms with Crippen LogP contribution in [-0.2, 0) is 11.3 Å². The number of halogens is 1. The number of carbonyl (C=O) groups is 1. The van der Waals surface area contributed by atoms with E-state index in [0.717, 1.165) is 18.4 Å². The lowest BCUT2D eigenvalue weighted by molar-refractivity contribution is -0.139. The minimum atomic E-state index is -0.683. The van der Waals surface area contributed by atoms with Crippen molar-refractivity contribution >= 4 is 17.5 Å². The summed E-state index contributed by atoms with van der Waals surface area (Å²) >= 11 is 5.92. The zero-order valence-electron chi connectivity index (χ0n) is 16.3. The molecule has 3 aromatic rings. The average molecular weight is 423 g/mol. The summed E-state index contributed by atoms with van der Waals surface area (Å²) in [5.41, 5.74) is 1.30. The van der Waals surface area contributed by atoms with Crippen LogP contribution in [0.5, 0.6) is 5.75 Å². The fraction of sp³-hybridized carbons (Fsp3) is 0.273. The molecule has 1 aliphatic carbocycles. The van der Waals surface area contributed by atoms with Crippen molar-refractivity contribution in [2.75, 3.05) is 0 Å². The SMILES string of the molecule is CC(Oc1ccc(C#N)cc1)C(=O)N(Cc1nnc(-c2ccc(Cl)cc2)o1)C1CC1. The van der Waals surface area contributed by atoms with E-state index in [1.54, 1.807) is 60.4 Å². The van der Waals surface area contributed by atoms with Crippen LogP contribution < -0.4 is 4.74 Å². The van der Waals surface area contributed by atoms with Crippen molar-refractivity contribution in [2.45, 2.75) is 38.5 Å². The van der Waals surface area contributed by atoms with Crippen molar-refractivity contribution in [1.29, 1.82) is 5.26 Å². The van der Waals surface area contributed by atoms with Crippen LogP contribution in [0.15, 0.2) is 52.9 Å². The van der Waals surface area contributed by atoms with Crippen LogP contribution in [0.4, 0.5) is 0 Å². The van der Waals surface area contributed by atoms with Gasteiger partial charge in [0, 0.05) is 16.6 Å². The van der Waals surface area contributed by atoms with E-state index in [-0.39, 0.29) is 18.5 Å². The molecule has 152 valence electrons. The summed E-state index contributed by atoms with van der Waals surface area (Å²) in [6.45, 7) is 1.94. The van der Waals surface area contributed by atoms with E-state index in [1.165, 1.54) is 0 Å². The molecular formula is C22H19ClN4O3. The number of amides is 1. The predicted molar refractivity (Wildman–Crippen MR) is 110 cm³/mol. The zero-order valence-corrected chi connectivity index (χ0v) is 17.0. The summed E-state index contributed by atoms with van der Waals surface area (Å²) in [5.74, 6) is 1.14. The van der Waals surface area contributed by atoms with Gasteiger partial charge in [-0.25, -0.2) is 0 Å². The van der Waals surface area contributed by atoms with Crippen LogP contribution in [0, 0.1) is 11.3 Å². The van der Waals surface area contributed by atoms with E-state index in [9.17, 15) is 4.79 Å². The zero-order chi connectivity index (χ0) is 21.1. The molecule has 0 aliphatic heterocycles. The molecular weight excluding hydrogens is 404 g/mol. The number of nitriles is 1. The number of nitrogens with zero attached hydrogens (tertiary/aromatic N) is 4. The maximum absolute atomic E-state index is 13.0. The van der Waals surface area contributed by atoms with Gasteiger partial charge in [-0.2, -0.15) is 5.26 Å². The number of ether oxygens (including phenoxy) is 1. The highest BCUT2D eigenvalue weighted by Gasteiger charge is 2.36. The molecule has 7 nitrogen and oxygen atoms in total. The molecule has 4 rings (SSSR count). The molecule has 0 saturated heterocycles. The highest BCUT2D eigenvalue weighted by atomic mass is 35.5. The van der Waals surface area contributed by atoms with Crippen LogP contribution in [-0.4, -0.2) is 33.2 Å². The Morgan fingerprint density at radius 3 is 2.57 bits per heavy atom. The molecule has 8 heteroatoms. The summed E-state index contributed by atoms with van der Waals surface area (Å²) in [7, 11) is 0. The number of hydrogen-bond acceptors (Lipinski definition) is 6. The van der Waals surface area contributed by atoms with Crippen molar-refractivity contribution in [3.05, 3.63) is 65.0 Å². The van der Waals surface area contributed by atoms with Gasteiger partial charge in [0.1, 0.15) is 5.75 Å². The minimum Gasteiger partial charge on any atom is -0.481 e. The number of benzene rings is 2. The Morgan fingerprint density at radius 1 is 1.23 bits per heavy atom. The molecule has 0 radical (unpaired) electrons.